The van der Waals surface area contributed by atoms with Gasteiger partial charge in [-0.2, -0.15) is 0 Å². The number of fused-ring (bicyclic) bond motifs is 1. The Morgan fingerprint density at radius 1 is 0.913 bits per heavy atom. The first kappa shape index (κ1) is 15.7. The Labute approximate surface area is 138 Å². The van der Waals surface area contributed by atoms with E-state index in [0.717, 1.165) is 16.3 Å². The van der Waals surface area contributed by atoms with Crippen LogP contribution >= 0.6 is 0 Å². The predicted octanol–water partition coefficient (Wildman–Crippen LogP) is 6.20. The molecule has 0 N–H and O–H groups in total. The van der Waals surface area contributed by atoms with Crippen molar-refractivity contribution in [1.29, 1.82) is 0 Å². The number of carbonyl (C=O) groups excluding carboxylic acids is 1. The fraction of sp³-hybridized carbons (Fsp3) is 0.318. The summed E-state index contributed by atoms with van der Waals surface area (Å²) >= 11 is 0. The maximum absolute atomic E-state index is 12.7. The Balaban J connectivity index is 2.33. The zero-order valence-electron chi connectivity index (χ0n) is 14.7. The largest absolute Gasteiger partial charge is 0.294 e. The van der Waals surface area contributed by atoms with Gasteiger partial charge in [-0.15, -0.1) is 0 Å². The zero-order valence-corrected chi connectivity index (χ0v) is 14.7. The van der Waals surface area contributed by atoms with Gasteiger partial charge in [-0.1, -0.05) is 54.5 Å². The highest BCUT2D eigenvalue weighted by atomic mass is 16.1. The van der Waals surface area contributed by atoms with E-state index in [-0.39, 0.29) is 11.7 Å². The van der Waals surface area contributed by atoms with Gasteiger partial charge in [0.05, 0.1) is 0 Å². The molecule has 2 aromatic carbocycles. The highest BCUT2D eigenvalue weighted by molar-refractivity contribution is 6.09. The first-order valence-corrected chi connectivity index (χ1v) is 8.37. The van der Waals surface area contributed by atoms with Crippen molar-refractivity contribution in [2.24, 2.45) is 0 Å². The second-order valence-corrected chi connectivity index (χ2v) is 6.58. The van der Waals surface area contributed by atoms with Gasteiger partial charge in [-0.05, 0) is 55.2 Å². The van der Waals surface area contributed by atoms with E-state index in [1.165, 1.54) is 27.9 Å². The zero-order chi connectivity index (χ0) is 16.7. The van der Waals surface area contributed by atoms with Gasteiger partial charge in [-0.25, -0.2) is 0 Å². The van der Waals surface area contributed by atoms with Crippen LogP contribution in [0.3, 0.4) is 0 Å². The smallest absolute Gasteiger partial charge is 0.163 e. The molecule has 0 spiro atoms. The third-order valence-electron chi connectivity index (χ3n) is 5.48. The second kappa shape index (κ2) is 5.81. The topological polar surface area (TPSA) is 17.1 Å². The third-order valence-corrected chi connectivity index (χ3v) is 5.48. The summed E-state index contributed by atoms with van der Waals surface area (Å²) in [5.41, 5.74) is 7.57. The van der Waals surface area contributed by atoms with Gasteiger partial charge in [0.25, 0.3) is 0 Å². The van der Waals surface area contributed by atoms with E-state index in [1.807, 2.05) is 19.1 Å². The van der Waals surface area contributed by atoms with Crippen molar-refractivity contribution in [3.05, 3.63) is 69.8 Å². The lowest BCUT2D eigenvalue weighted by Gasteiger charge is -2.21. The quantitative estimate of drug-likeness (QED) is 0.617. The van der Waals surface area contributed by atoms with Crippen LogP contribution in [0, 0.1) is 0 Å². The van der Waals surface area contributed by atoms with Crippen LogP contribution in [0.15, 0.2) is 58.7 Å². The predicted molar refractivity (Wildman–Crippen MR) is 98.1 cm³/mol. The fourth-order valence-electron chi connectivity index (χ4n) is 3.83. The summed E-state index contributed by atoms with van der Waals surface area (Å²) in [5.74, 6) is 0.477. The molecular weight excluding hydrogens is 280 g/mol. The van der Waals surface area contributed by atoms with E-state index in [1.54, 1.807) is 0 Å². The molecule has 0 radical (unpaired) electrons. The minimum absolute atomic E-state index is 0.236. The van der Waals surface area contributed by atoms with Crippen molar-refractivity contribution < 1.29 is 4.79 Å². The number of carbonyl (C=O) groups is 1. The van der Waals surface area contributed by atoms with E-state index in [9.17, 15) is 4.79 Å². The van der Waals surface area contributed by atoms with Crippen molar-refractivity contribution >= 4 is 16.6 Å². The molecule has 0 saturated heterocycles. The lowest BCUT2D eigenvalue weighted by atomic mass is 9.82. The summed E-state index contributed by atoms with van der Waals surface area (Å²) in [6.07, 6.45) is 0.539. The summed E-state index contributed by atoms with van der Waals surface area (Å²) < 4.78 is 0. The number of allylic oxidation sites excluding steroid dienone is 4. The van der Waals surface area contributed by atoms with Gasteiger partial charge in [0.1, 0.15) is 0 Å². The SMILES string of the molecule is CCC(=O)c1c(C2C(C)=C(C)C(C)=C2C)ccc2ccccc12. The molecule has 0 aliphatic heterocycles. The molecule has 0 amide bonds. The van der Waals surface area contributed by atoms with Gasteiger partial charge < -0.3 is 0 Å². The van der Waals surface area contributed by atoms with Gasteiger partial charge in [-0.3, -0.25) is 4.79 Å². The molecule has 0 saturated carbocycles. The van der Waals surface area contributed by atoms with Crippen molar-refractivity contribution in [2.45, 2.75) is 47.0 Å². The van der Waals surface area contributed by atoms with E-state index >= 15 is 0 Å². The Kier molecular flexibility index (Phi) is 3.97. The molecule has 1 aliphatic carbocycles. The van der Waals surface area contributed by atoms with Crippen LogP contribution in [0.1, 0.15) is 62.9 Å². The summed E-state index contributed by atoms with van der Waals surface area (Å²) in [6.45, 7) is 10.7. The van der Waals surface area contributed by atoms with Gasteiger partial charge in [0, 0.05) is 17.9 Å². The van der Waals surface area contributed by atoms with E-state index in [4.69, 9.17) is 0 Å². The monoisotopic (exact) mass is 304 g/mol. The van der Waals surface area contributed by atoms with Crippen molar-refractivity contribution in [2.75, 3.05) is 0 Å². The van der Waals surface area contributed by atoms with Crippen LogP contribution in [0.5, 0.6) is 0 Å². The molecular formula is C22H24O. The van der Waals surface area contributed by atoms with Gasteiger partial charge >= 0.3 is 0 Å². The Hall–Kier alpha value is -2.15. The van der Waals surface area contributed by atoms with Gasteiger partial charge in [0.2, 0.25) is 0 Å². The number of rotatable bonds is 3. The molecule has 3 rings (SSSR count). The Morgan fingerprint density at radius 2 is 1.52 bits per heavy atom. The molecule has 0 aromatic heterocycles. The molecule has 1 heteroatoms. The molecule has 118 valence electrons. The van der Waals surface area contributed by atoms with Gasteiger partial charge in [0.15, 0.2) is 5.78 Å². The summed E-state index contributed by atoms with van der Waals surface area (Å²) in [4.78, 5) is 12.7. The number of hydrogen-bond donors (Lipinski definition) is 0. The summed E-state index contributed by atoms with van der Waals surface area (Å²) in [5, 5.41) is 2.22. The normalized spacial score (nSPS) is 15.9. The number of benzene rings is 2. The summed E-state index contributed by atoms with van der Waals surface area (Å²) in [7, 11) is 0. The lowest BCUT2D eigenvalue weighted by molar-refractivity contribution is 0.0989. The van der Waals surface area contributed by atoms with Crippen LogP contribution in [0.4, 0.5) is 0 Å². The number of Topliss-reactive ketones (excluding diaryl/α,β-unsaturated/α-hetero) is 1. The average molecular weight is 304 g/mol. The maximum Gasteiger partial charge on any atom is 0.163 e. The molecule has 2 aromatic rings. The Bertz CT molecular complexity index is 841. The first-order valence-electron chi connectivity index (χ1n) is 8.37. The summed E-state index contributed by atoms with van der Waals surface area (Å²) in [6, 6.07) is 12.5. The second-order valence-electron chi connectivity index (χ2n) is 6.58. The van der Waals surface area contributed by atoms with Crippen molar-refractivity contribution in [3.8, 4) is 0 Å². The van der Waals surface area contributed by atoms with Crippen molar-refractivity contribution in [3.63, 3.8) is 0 Å². The molecule has 1 aliphatic rings. The lowest BCUT2D eigenvalue weighted by Crippen LogP contribution is -2.09. The highest BCUT2D eigenvalue weighted by Gasteiger charge is 2.29. The standard InChI is InChI=1S/C22H24O/c1-6-20(23)22-18-10-8-7-9-17(18)11-12-19(22)21-15(4)13(2)14(3)16(21)5/h7-12,21H,6H2,1-5H3. The van der Waals surface area contributed by atoms with Crippen LogP contribution in [-0.4, -0.2) is 5.78 Å². The third kappa shape index (κ3) is 2.35. The highest BCUT2D eigenvalue weighted by Crippen LogP contribution is 2.45. The molecule has 0 fully saturated rings. The van der Waals surface area contributed by atoms with E-state index in [0.29, 0.717) is 6.42 Å². The molecule has 0 bridgehead atoms. The minimum atomic E-state index is 0.236. The molecule has 0 heterocycles. The van der Waals surface area contributed by atoms with E-state index < -0.39 is 0 Å². The van der Waals surface area contributed by atoms with Crippen LogP contribution < -0.4 is 0 Å². The number of ketones is 1. The van der Waals surface area contributed by atoms with Crippen LogP contribution in [0.2, 0.25) is 0 Å². The molecule has 1 nitrogen and oxygen atoms in total. The van der Waals surface area contributed by atoms with E-state index in [2.05, 4.69) is 52.0 Å². The maximum atomic E-state index is 12.7. The fourth-order valence-corrected chi connectivity index (χ4v) is 3.83. The van der Waals surface area contributed by atoms with Crippen molar-refractivity contribution in [1.82, 2.24) is 0 Å². The molecule has 23 heavy (non-hydrogen) atoms. The molecule has 0 atom stereocenters. The number of hydrogen-bond acceptors (Lipinski definition) is 1. The molecule has 0 unspecified atom stereocenters. The van der Waals surface area contributed by atoms with Crippen LogP contribution in [0.25, 0.3) is 10.8 Å². The average Bonchev–Trinajstić information content (AvgIpc) is 2.76. The Morgan fingerprint density at radius 3 is 2.13 bits per heavy atom. The minimum Gasteiger partial charge on any atom is -0.294 e. The van der Waals surface area contributed by atoms with Crippen LogP contribution in [-0.2, 0) is 0 Å². The first-order chi connectivity index (χ1) is 11.0.